The van der Waals surface area contributed by atoms with Crippen molar-refractivity contribution in [3.05, 3.63) is 34.9 Å². The van der Waals surface area contributed by atoms with E-state index in [4.69, 9.17) is 0 Å². The van der Waals surface area contributed by atoms with Crippen molar-refractivity contribution in [3.63, 3.8) is 0 Å². The first kappa shape index (κ1) is 14.2. The van der Waals surface area contributed by atoms with Gasteiger partial charge in [-0.15, -0.1) is 0 Å². The zero-order chi connectivity index (χ0) is 12.7. The average molecular weight is 234 g/mol. The molecule has 0 amide bonds. The highest BCUT2D eigenvalue weighted by Crippen LogP contribution is 2.09. The van der Waals surface area contributed by atoms with Gasteiger partial charge in [0.05, 0.1) is 0 Å². The van der Waals surface area contributed by atoms with Crippen molar-refractivity contribution in [2.75, 3.05) is 19.6 Å². The lowest BCUT2D eigenvalue weighted by Gasteiger charge is -2.14. The van der Waals surface area contributed by atoms with Crippen molar-refractivity contribution in [2.45, 2.75) is 40.2 Å². The Balaban J connectivity index is 2.28. The van der Waals surface area contributed by atoms with Crippen LogP contribution in [-0.2, 0) is 6.42 Å². The molecule has 1 atom stereocenters. The molecule has 2 N–H and O–H groups in total. The van der Waals surface area contributed by atoms with E-state index in [1.807, 2.05) is 0 Å². The van der Waals surface area contributed by atoms with Crippen LogP contribution in [0.4, 0.5) is 0 Å². The van der Waals surface area contributed by atoms with Gasteiger partial charge in [-0.3, -0.25) is 0 Å². The maximum Gasteiger partial charge on any atom is 0.0164 e. The van der Waals surface area contributed by atoms with E-state index >= 15 is 0 Å². The summed E-state index contributed by atoms with van der Waals surface area (Å²) in [5.41, 5.74) is 4.20. The predicted molar refractivity (Wildman–Crippen MR) is 75.6 cm³/mol. The molecule has 1 aromatic carbocycles. The minimum Gasteiger partial charge on any atom is -0.315 e. The molecule has 0 aromatic heterocycles. The van der Waals surface area contributed by atoms with Gasteiger partial charge in [0, 0.05) is 12.6 Å². The molecule has 0 spiro atoms. The summed E-state index contributed by atoms with van der Waals surface area (Å²) in [4.78, 5) is 0. The molecular weight excluding hydrogens is 208 g/mol. The Kier molecular flexibility index (Phi) is 6.23. The largest absolute Gasteiger partial charge is 0.315 e. The molecule has 1 aromatic rings. The Bertz CT molecular complexity index is 334. The van der Waals surface area contributed by atoms with Crippen molar-refractivity contribution in [1.82, 2.24) is 10.6 Å². The molecule has 0 aliphatic heterocycles. The second-order valence-corrected chi connectivity index (χ2v) is 4.83. The fourth-order valence-corrected chi connectivity index (χ4v) is 1.85. The molecule has 0 aliphatic rings. The third kappa shape index (κ3) is 5.33. The summed E-state index contributed by atoms with van der Waals surface area (Å²) in [7, 11) is 0. The topological polar surface area (TPSA) is 24.1 Å². The van der Waals surface area contributed by atoms with E-state index in [2.05, 4.69) is 56.5 Å². The Hall–Kier alpha value is -0.860. The number of aryl methyl sites for hydroxylation is 2. The van der Waals surface area contributed by atoms with Crippen LogP contribution >= 0.6 is 0 Å². The van der Waals surface area contributed by atoms with Crippen LogP contribution in [0.25, 0.3) is 0 Å². The second-order valence-electron chi connectivity index (χ2n) is 4.83. The Morgan fingerprint density at radius 3 is 2.59 bits per heavy atom. The summed E-state index contributed by atoms with van der Waals surface area (Å²) < 4.78 is 0. The minimum atomic E-state index is 0.543. The molecule has 0 saturated heterocycles. The van der Waals surface area contributed by atoms with Gasteiger partial charge in [-0.05, 0) is 57.0 Å². The highest BCUT2D eigenvalue weighted by Gasteiger charge is 2.00. The van der Waals surface area contributed by atoms with Gasteiger partial charge in [-0.1, -0.05) is 25.1 Å². The summed E-state index contributed by atoms with van der Waals surface area (Å²) in [6, 6.07) is 7.29. The van der Waals surface area contributed by atoms with Gasteiger partial charge in [-0.2, -0.15) is 0 Å². The molecule has 17 heavy (non-hydrogen) atoms. The van der Waals surface area contributed by atoms with Crippen LogP contribution in [0.15, 0.2) is 18.2 Å². The first-order chi connectivity index (χ1) is 8.13. The molecule has 0 fully saturated rings. The van der Waals surface area contributed by atoms with Gasteiger partial charge in [0.25, 0.3) is 0 Å². The van der Waals surface area contributed by atoms with Crippen molar-refractivity contribution in [2.24, 2.45) is 0 Å². The second kappa shape index (κ2) is 7.46. The molecule has 1 unspecified atom stereocenters. The van der Waals surface area contributed by atoms with Crippen LogP contribution in [-0.4, -0.2) is 25.7 Å². The Labute approximate surface area is 106 Å². The summed E-state index contributed by atoms with van der Waals surface area (Å²) in [6.07, 6.45) is 1.11. The van der Waals surface area contributed by atoms with E-state index in [1.165, 1.54) is 16.7 Å². The van der Waals surface area contributed by atoms with E-state index in [-0.39, 0.29) is 0 Å². The highest BCUT2D eigenvalue weighted by atomic mass is 15.0. The summed E-state index contributed by atoms with van der Waals surface area (Å²) in [5, 5.41) is 6.89. The zero-order valence-corrected chi connectivity index (χ0v) is 11.6. The van der Waals surface area contributed by atoms with Gasteiger partial charge >= 0.3 is 0 Å². The first-order valence-electron chi connectivity index (χ1n) is 6.63. The van der Waals surface area contributed by atoms with E-state index in [9.17, 15) is 0 Å². The van der Waals surface area contributed by atoms with Crippen LogP contribution < -0.4 is 10.6 Å². The van der Waals surface area contributed by atoms with Crippen LogP contribution in [0.3, 0.4) is 0 Å². The van der Waals surface area contributed by atoms with E-state index < -0.39 is 0 Å². The minimum absolute atomic E-state index is 0.543. The van der Waals surface area contributed by atoms with E-state index in [1.54, 1.807) is 0 Å². The van der Waals surface area contributed by atoms with Gasteiger partial charge in [-0.25, -0.2) is 0 Å². The fraction of sp³-hybridized carbons (Fsp3) is 0.600. The molecule has 2 nitrogen and oxygen atoms in total. The van der Waals surface area contributed by atoms with Gasteiger partial charge in [0.15, 0.2) is 0 Å². The lowest BCUT2D eigenvalue weighted by Crippen LogP contribution is -2.37. The molecule has 0 aliphatic carbocycles. The number of likely N-dealkylation sites (N-methyl/N-ethyl adjacent to an activating group) is 1. The maximum atomic E-state index is 3.54. The summed E-state index contributed by atoms with van der Waals surface area (Å²) >= 11 is 0. The quantitative estimate of drug-likeness (QED) is 0.757. The van der Waals surface area contributed by atoms with Crippen molar-refractivity contribution < 1.29 is 0 Å². The standard InChI is InChI=1S/C15H26N2/c1-5-16-11-14(4)17-9-8-15-7-6-12(2)13(3)10-15/h6-7,10,14,16-17H,5,8-9,11H2,1-4H3. The molecule has 0 heterocycles. The number of hydrogen-bond acceptors (Lipinski definition) is 2. The smallest absolute Gasteiger partial charge is 0.0164 e. The molecule has 0 saturated carbocycles. The molecule has 96 valence electrons. The predicted octanol–water partition coefficient (Wildman–Crippen LogP) is 2.43. The third-order valence-electron chi connectivity index (χ3n) is 3.18. The van der Waals surface area contributed by atoms with Crippen molar-refractivity contribution in [1.29, 1.82) is 0 Å². The van der Waals surface area contributed by atoms with Gasteiger partial charge < -0.3 is 10.6 Å². The molecule has 0 bridgehead atoms. The summed E-state index contributed by atoms with van der Waals surface area (Å²) in [5.74, 6) is 0. The van der Waals surface area contributed by atoms with Crippen LogP contribution in [0.1, 0.15) is 30.5 Å². The van der Waals surface area contributed by atoms with E-state index in [0.29, 0.717) is 6.04 Å². The van der Waals surface area contributed by atoms with Crippen molar-refractivity contribution in [3.8, 4) is 0 Å². The SMILES string of the molecule is CCNCC(C)NCCc1ccc(C)c(C)c1. The zero-order valence-electron chi connectivity index (χ0n) is 11.6. The first-order valence-corrected chi connectivity index (χ1v) is 6.63. The number of benzene rings is 1. The summed E-state index contributed by atoms with van der Waals surface area (Å²) in [6.45, 7) is 11.8. The lowest BCUT2D eigenvalue weighted by atomic mass is 10.0. The maximum absolute atomic E-state index is 3.54. The number of nitrogens with one attached hydrogen (secondary N) is 2. The van der Waals surface area contributed by atoms with Gasteiger partial charge in [0.1, 0.15) is 0 Å². The Morgan fingerprint density at radius 2 is 1.94 bits per heavy atom. The monoisotopic (exact) mass is 234 g/mol. The average Bonchev–Trinajstić information content (AvgIpc) is 2.31. The van der Waals surface area contributed by atoms with Gasteiger partial charge in [0.2, 0.25) is 0 Å². The molecule has 2 heteroatoms. The lowest BCUT2D eigenvalue weighted by molar-refractivity contribution is 0.512. The Morgan fingerprint density at radius 1 is 1.18 bits per heavy atom. The number of rotatable bonds is 7. The number of hydrogen-bond donors (Lipinski definition) is 2. The van der Waals surface area contributed by atoms with E-state index in [0.717, 1.165) is 26.1 Å². The third-order valence-corrected chi connectivity index (χ3v) is 3.18. The van der Waals surface area contributed by atoms with Crippen molar-refractivity contribution >= 4 is 0 Å². The highest BCUT2D eigenvalue weighted by molar-refractivity contribution is 5.30. The molecule has 0 radical (unpaired) electrons. The van der Waals surface area contributed by atoms with Crippen LogP contribution in [0.2, 0.25) is 0 Å². The molecular formula is C15H26N2. The van der Waals surface area contributed by atoms with Crippen LogP contribution in [0, 0.1) is 13.8 Å². The fourth-order valence-electron chi connectivity index (χ4n) is 1.85. The normalized spacial score (nSPS) is 12.7. The van der Waals surface area contributed by atoms with Crippen LogP contribution in [0.5, 0.6) is 0 Å². The molecule has 1 rings (SSSR count).